The molecule has 0 aliphatic rings. The van der Waals surface area contributed by atoms with Gasteiger partial charge in [-0.05, 0) is 31.5 Å². The number of hydrogen-bond donors (Lipinski definition) is 1. The summed E-state index contributed by atoms with van der Waals surface area (Å²) in [5.41, 5.74) is 6.09. The van der Waals surface area contributed by atoms with Crippen LogP contribution in [0.25, 0.3) is 0 Å². The molecule has 1 unspecified atom stereocenters. The summed E-state index contributed by atoms with van der Waals surface area (Å²) >= 11 is 0. The summed E-state index contributed by atoms with van der Waals surface area (Å²) in [4.78, 5) is 0. The van der Waals surface area contributed by atoms with Crippen LogP contribution >= 0.6 is 0 Å². The van der Waals surface area contributed by atoms with E-state index in [0.717, 1.165) is 0 Å². The molecule has 3 nitrogen and oxygen atoms in total. The molecule has 1 aromatic carbocycles. The summed E-state index contributed by atoms with van der Waals surface area (Å²) in [7, 11) is 3.09. The minimum atomic E-state index is -0.736. The molecule has 0 saturated heterocycles. The average Bonchev–Trinajstić information content (AvgIpc) is 2.31. The van der Waals surface area contributed by atoms with Gasteiger partial charge < -0.3 is 15.2 Å². The van der Waals surface area contributed by atoms with Gasteiger partial charge in [-0.15, -0.1) is 0 Å². The highest BCUT2D eigenvalue weighted by molar-refractivity contribution is 5.42. The molecule has 0 spiro atoms. The number of ether oxygens (including phenoxy) is 2. The lowest BCUT2D eigenvalue weighted by molar-refractivity contribution is 0.00795. The van der Waals surface area contributed by atoms with Crippen LogP contribution in [0.5, 0.6) is 5.75 Å². The molecule has 0 aliphatic heterocycles. The topological polar surface area (TPSA) is 44.5 Å². The van der Waals surface area contributed by atoms with Gasteiger partial charge in [-0.2, -0.15) is 0 Å². The van der Waals surface area contributed by atoms with E-state index >= 15 is 0 Å². The molecule has 2 N–H and O–H groups in total. The van der Waals surface area contributed by atoms with Gasteiger partial charge in [0.05, 0.1) is 7.11 Å². The molecule has 1 aromatic rings. The fourth-order valence-corrected chi connectivity index (χ4v) is 1.54. The normalized spacial score (nSPS) is 14.6. The summed E-state index contributed by atoms with van der Waals surface area (Å²) in [5.74, 6) is 0.307. The lowest BCUT2D eigenvalue weighted by Gasteiger charge is -2.28. The van der Waals surface area contributed by atoms with Crippen molar-refractivity contribution in [3.8, 4) is 5.75 Å². The van der Waals surface area contributed by atoms with Gasteiger partial charge in [-0.1, -0.05) is 0 Å². The first-order valence-corrected chi connectivity index (χ1v) is 5.08. The van der Waals surface area contributed by atoms with Crippen LogP contribution in [0.3, 0.4) is 0 Å². The third kappa shape index (κ3) is 2.18. The van der Waals surface area contributed by atoms with Crippen LogP contribution in [0.15, 0.2) is 12.1 Å². The molecular formula is C12H18FNO2. The Morgan fingerprint density at radius 3 is 2.44 bits per heavy atom. The maximum absolute atomic E-state index is 13.5. The van der Waals surface area contributed by atoms with E-state index in [1.165, 1.54) is 6.07 Å². The molecule has 90 valence electrons. The van der Waals surface area contributed by atoms with E-state index < -0.39 is 5.60 Å². The van der Waals surface area contributed by atoms with Crippen molar-refractivity contribution in [3.05, 3.63) is 29.1 Å². The number of methoxy groups -OCH3 is 2. The van der Waals surface area contributed by atoms with Gasteiger partial charge in [0.15, 0.2) is 0 Å². The van der Waals surface area contributed by atoms with Crippen molar-refractivity contribution in [2.45, 2.75) is 19.4 Å². The van der Waals surface area contributed by atoms with Crippen molar-refractivity contribution in [3.63, 3.8) is 0 Å². The minimum absolute atomic E-state index is 0.252. The largest absolute Gasteiger partial charge is 0.496 e. The maximum Gasteiger partial charge on any atom is 0.126 e. The van der Waals surface area contributed by atoms with E-state index in [0.29, 0.717) is 16.9 Å². The second-order valence-corrected chi connectivity index (χ2v) is 3.94. The molecule has 0 fully saturated rings. The van der Waals surface area contributed by atoms with Crippen molar-refractivity contribution >= 4 is 0 Å². The third-order valence-corrected chi connectivity index (χ3v) is 2.89. The van der Waals surface area contributed by atoms with Crippen molar-refractivity contribution in [1.29, 1.82) is 0 Å². The summed E-state index contributed by atoms with van der Waals surface area (Å²) in [6.07, 6.45) is 0. The lowest BCUT2D eigenvalue weighted by Crippen LogP contribution is -2.34. The number of hydrogen-bond acceptors (Lipinski definition) is 3. The Labute approximate surface area is 95.4 Å². The fraction of sp³-hybridized carbons (Fsp3) is 0.500. The van der Waals surface area contributed by atoms with Crippen LogP contribution in [0.4, 0.5) is 4.39 Å². The van der Waals surface area contributed by atoms with Crippen LogP contribution in [-0.2, 0) is 10.3 Å². The summed E-state index contributed by atoms with van der Waals surface area (Å²) in [6.45, 7) is 3.75. The van der Waals surface area contributed by atoms with E-state index in [9.17, 15) is 4.39 Å². The number of rotatable bonds is 4. The highest BCUT2D eigenvalue weighted by Gasteiger charge is 2.29. The highest BCUT2D eigenvalue weighted by atomic mass is 19.1. The highest BCUT2D eigenvalue weighted by Crippen LogP contribution is 2.33. The maximum atomic E-state index is 13.5. The zero-order valence-electron chi connectivity index (χ0n) is 10.1. The molecule has 4 heteroatoms. The van der Waals surface area contributed by atoms with E-state index in [1.54, 1.807) is 34.1 Å². The van der Waals surface area contributed by atoms with Crippen LogP contribution in [-0.4, -0.2) is 20.8 Å². The Morgan fingerprint density at radius 2 is 2.00 bits per heavy atom. The average molecular weight is 227 g/mol. The van der Waals surface area contributed by atoms with Crippen LogP contribution < -0.4 is 10.5 Å². The predicted molar refractivity (Wildman–Crippen MR) is 61.1 cm³/mol. The molecule has 16 heavy (non-hydrogen) atoms. The van der Waals surface area contributed by atoms with E-state index in [1.807, 2.05) is 0 Å². The summed E-state index contributed by atoms with van der Waals surface area (Å²) in [6, 6.07) is 3.07. The Bertz CT molecular complexity index is 376. The van der Waals surface area contributed by atoms with Crippen molar-refractivity contribution < 1.29 is 13.9 Å². The van der Waals surface area contributed by atoms with Gasteiger partial charge in [-0.25, -0.2) is 4.39 Å². The standard InChI is InChI=1S/C12H18FNO2/c1-8-5-11(15-3)9(6-10(8)13)12(2,7-14)16-4/h5-6H,7,14H2,1-4H3. The molecular weight excluding hydrogens is 209 g/mol. The van der Waals surface area contributed by atoms with Crippen molar-refractivity contribution in [1.82, 2.24) is 0 Å². The Kier molecular flexibility index (Phi) is 3.88. The first kappa shape index (κ1) is 12.9. The molecule has 1 atom stereocenters. The smallest absolute Gasteiger partial charge is 0.126 e. The van der Waals surface area contributed by atoms with Gasteiger partial charge in [-0.3, -0.25) is 0 Å². The van der Waals surface area contributed by atoms with E-state index in [2.05, 4.69) is 0 Å². The second-order valence-electron chi connectivity index (χ2n) is 3.94. The molecule has 1 rings (SSSR count). The van der Waals surface area contributed by atoms with Crippen LogP contribution in [0.2, 0.25) is 0 Å². The second kappa shape index (κ2) is 4.80. The van der Waals surface area contributed by atoms with E-state index in [-0.39, 0.29) is 12.4 Å². The molecule has 0 saturated carbocycles. The van der Waals surface area contributed by atoms with Gasteiger partial charge in [0.1, 0.15) is 17.2 Å². The quantitative estimate of drug-likeness (QED) is 0.855. The first-order valence-electron chi connectivity index (χ1n) is 5.08. The zero-order valence-corrected chi connectivity index (χ0v) is 10.1. The van der Waals surface area contributed by atoms with Crippen LogP contribution in [0, 0.1) is 12.7 Å². The third-order valence-electron chi connectivity index (χ3n) is 2.89. The first-order chi connectivity index (χ1) is 7.48. The van der Waals surface area contributed by atoms with Crippen molar-refractivity contribution in [2.24, 2.45) is 5.73 Å². The zero-order chi connectivity index (χ0) is 12.3. The number of halogens is 1. The molecule has 0 heterocycles. The number of nitrogens with two attached hydrogens (primary N) is 1. The molecule has 0 radical (unpaired) electrons. The molecule has 0 amide bonds. The Morgan fingerprint density at radius 1 is 1.38 bits per heavy atom. The summed E-state index contributed by atoms with van der Waals surface area (Å²) in [5, 5.41) is 0. The van der Waals surface area contributed by atoms with Crippen molar-refractivity contribution in [2.75, 3.05) is 20.8 Å². The lowest BCUT2D eigenvalue weighted by atomic mass is 9.93. The summed E-state index contributed by atoms with van der Waals surface area (Å²) < 4.78 is 24.1. The monoisotopic (exact) mass is 227 g/mol. The van der Waals surface area contributed by atoms with Gasteiger partial charge in [0.25, 0.3) is 0 Å². The van der Waals surface area contributed by atoms with Gasteiger partial charge in [0.2, 0.25) is 0 Å². The molecule has 0 aromatic heterocycles. The fourth-order valence-electron chi connectivity index (χ4n) is 1.54. The SMILES string of the molecule is COc1cc(C)c(F)cc1C(C)(CN)OC. The van der Waals surface area contributed by atoms with Gasteiger partial charge in [0, 0.05) is 19.2 Å². The predicted octanol–water partition coefficient (Wildman–Crippen LogP) is 1.96. The van der Waals surface area contributed by atoms with Gasteiger partial charge >= 0.3 is 0 Å². The molecule has 0 aliphatic carbocycles. The number of benzene rings is 1. The number of aryl methyl sites for hydroxylation is 1. The van der Waals surface area contributed by atoms with E-state index in [4.69, 9.17) is 15.2 Å². The Balaban J connectivity index is 3.36. The van der Waals surface area contributed by atoms with Crippen LogP contribution in [0.1, 0.15) is 18.1 Å². The molecule has 0 bridgehead atoms. The Hall–Kier alpha value is -1.13. The minimum Gasteiger partial charge on any atom is -0.496 e.